The van der Waals surface area contributed by atoms with Crippen molar-refractivity contribution in [3.8, 4) is 5.75 Å². The minimum atomic E-state index is -0.0166. The van der Waals surface area contributed by atoms with Gasteiger partial charge >= 0.3 is 0 Å². The van der Waals surface area contributed by atoms with Crippen LogP contribution in [-0.4, -0.2) is 26.0 Å². The van der Waals surface area contributed by atoms with Gasteiger partial charge in [0.05, 0.1) is 12.1 Å². The maximum atomic E-state index is 12.5. The summed E-state index contributed by atoms with van der Waals surface area (Å²) in [5, 5.41) is 3.72. The highest BCUT2D eigenvalue weighted by Crippen LogP contribution is 2.36. The number of ketones is 1. The van der Waals surface area contributed by atoms with Crippen LogP contribution in [0, 0.1) is 5.92 Å². The highest BCUT2D eigenvalue weighted by atomic mass is 35.5. The van der Waals surface area contributed by atoms with Crippen molar-refractivity contribution in [3.05, 3.63) is 40.9 Å². The highest BCUT2D eigenvalue weighted by Gasteiger charge is 2.30. The van der Waals surface area contributed by atoms with Crippen LogP contribution in [0.25, 0.3) is 0 Å². The predicted molar refractivity (Wildman–Crippen MR) is 84.5 cm³/mol. The van der Waals surface area contributed by atoms with E-state index < -0.39 is 0 Å². The number of hydrogen-bond acceptors (Lipinski definition) is 3. The van der Waals surface area contributed by atoms with E-state index in [0.717, 1.165) is 24.2 Å². The largest absolute Gasteiger partial charge is 0.496 e. The molecular formula is C15H19Cl2NO2. The Morgan fingerprint density at radius 2 is 2.30 bits per heavy atom. The molecule has 5 heteroatoms. The fourth-order valence-electron chi connectivity index (χ4n) is 2.51. The van der Waals surface area contributed by atoms with Crippen LogP contribution in [0.2, 0.25) is 5.02 Å². The Bertz CT molecular complexity index is 503. The van der Waals surface area contributed by atoms with E-state index in [2.05, 4.69) is 11.9 Å². The third kappa shape index (κ3) is 3.35. The highest BCUT2D eigenvalue weighted by molar-refractivity contribution is 6.34. The molecule has 1 N–H and O–H groups in total. The van der Waals surface area contributed by atoms with Gasteiger partial charge in [0, 0.05) is 30.1 Å². The third-order valence-electron chi connectivity index (χ3n) is 3.48. The number of nitrogens with one attached hydrogen (secondary N) is 1. The molecule has 1 unspecified atom stereocenters. The van der Waals surface area contributed by atoms with Crippen molar-refractivity contribution in [3.63, 3.8) is 0 Å². The van der Waals surface area contributed by atoms with Crippen LogP contribution >= 0.6 is 24.0 Å². The van der Waals surface area contributed by atoms with Crippen molar-refractivity contribution in [2.45, 2.75) is 12.8 Å². The van der Waals surface area contributed by atoms with E-state index in [0.29, 0.717) is 23.7 Å². The van der Waals surface area contributed by atoms with Gasteiger partial charge in [-0.05, 0) is 25.0 Å². The Balaban J connectivity index is 0.00000200. The third-order valence-corrected chi connectivity index (χ3v) is 3.79. The normalized spacial score (nSPS) is 17.1. The quantitative estimate of drug-likeness (QED) is 0.669. The SMILES string of the molecule is C=CCNCC1CCc2c(OC)ccc(Cl)c2C1=O.Cl. The van der Waals surface area contributed by atoms with E-state index in [-0.39, 0.29) is 24.1 Å². The first kappa shape index (κ1) is 17.0. The molecule has 0 radical (unpaired) electrons. The monoisotopic (exact) mass is 315 g/mol. The van der Waals surface area contributed by atoms with E-state index in [1.165, 1.54) is 0 Å². The minimum Gasteiger partial charge on any atom is -0.496 e. The molecule has 0 aliphatic heterocycles. The number of fused-ring (bicyclic) bond motifs is 1. The molecule has 0 spiro atoms. The lowest BCUT2D eigenvalue weighted by Crippen LogP contribution is -2.32. The van der Waals surface area contributed by atoms with Crippen LogP contribution in [0.3, 0.4) is 0 Å². The van der Waals surface area contributed by atoms with Crippen molar-refractivity contribution in [1.29, 1.82) is 0 Å². The Morgan fingerprint density at radius 1 is 1.55 bits per heavy atom. The Hall–Kier alpha value is -1.03. The molecule has 3 nitrogen and oxygen atoms in total. The van der Waals surface area contributed by atoms with Gasteiger partial charge in [-0.1, -0.05) is 17.7 Å². The molecule has 110 valence electrons. The molecule has 0 aromatic heterocycles. The van der Waals surface area contributed by atoms with Crippen LogP contribution < -0.4 is 10.1 Å². The number of ether oxygens (including phenoxy) is 1. The summed E-state index contributed by atoms with van der Waals surface area (Å²) in [6.07, 6.45) is 3.44. The molecule has 1 aliphatic carbocycles. The Labute approximate surface area is 130 Å². The lowest BCUT2D eigenvalue weighted by Gasteiger charge is -2.25. The average Bonchev–Trinajstić information content (AvgIpc) is 2.42. The van der Waals surface area contributed by atoms with Gasteiger partial charge in [0.25, 0.3) is 0 Å². The van der Waals surface area contributed by atoms with Gasteiger partial charge in [-0.25, -0.2) is 0 Å². The van der Waals surface area contributed by atoms with Crippen LogP contribution in [0.15, 0.2) is 24.8 Å². The predicted octanol–water partition coefficient (Wildman–Crippen LogP) is 3.29. The number of methoxy groups -OCH3 is 1. The Morgan fingerprint density at radius 3 is 2.95 bits per heavy atom. The average molecular weight is 316 g/mol. The molecule has 0 saturated heterocycles. The number of hydrogen-bond donors (Lipinski definition) is 1. The molecule has 1 atom stereocenters. The minimum absolute atomic E-state index is 0. The van der Waals surface area contributed by atoms with Gasteiger partial charge in [-0.2, -0.15) is 0 Å². The lowest BCUT2D eigenvalue weighted by atomic mass is 9.82. The molecule has 0 bridgehead atoms. The summed E-state index contributed by atoms with van der Waals surface area (Å²) in [4.78, 5) is 12.5. The van der Waals surface area contributed by atoms with Crippen molar-refractivity contribution < 1.29 is 9.53 Å². The molecule has 2 rings (SSSR count). The summed E-state index contributed by atoms with van der Waals surface area (Å²) < 4.78 is 5.31. The van der Waals surface area contributed by atoms with Crippen LogP contribution in [0.4, 0.5) is 0 Å². The fourth-order valence-corrected chi connectivity index (χ4v) is 2.78. The van der Waals surface area contributed by atoms with Gasteiger partial charge < -0.3 is 10.1 Å². The first-order chi connectivity index (χ1) is 9.19. The molecule has 0 amide bonds. The summed E-state index contributed by atoms with van der Waals surface area (Å²) in [5.74, 6) is 0.851. The molecule has 1 aromatic rings. The summed E-state index contributed by atoms with van der Waals surface area (Å²) in [5.41, 5.74) is 1.58. The summed E-state index contributed by atoms with van der Waals surface area (Å²) in [7, 11) is 1.62. The van der Waals surface area contributed by atoms with E-state index in [1.54, 1.807) is 19.3 Å². The number of halogens is 2. The first-order valence-electron chi connectivity index (χ1n) is 6.40. The summed E-state index contributed by atoms with van der Waals surface area (Å²) in [6.45, 7) is 5.03. The van der Waals surface area contributed by atoms with Gasteiger partial charge in [0.15, 0.2) is 5.78 Å². The number of Topliss-reactive ketones (excluding diaryl/α,β-unsaturated/α-hetero) is 1. The first-order valence-corrected chi connectivity index (χ1v) is 6.78. The Kier molecular flexibility index (Phi) is 6.53. The van der Waals surface area contributed by atoms with Gasteiger partial charge in [-0.3, -0.25) is 4.79 Å². The molecule has 1 aromatic carbocycles. The van der Waals surface area contributed by atoms with Crippen LogP contribution in [0.5, 0.6) is 5.75 Å². The van der Waals surface area contributed by atoms with Gasteiger partial charge in [0.1, 0.15) is 5.75 Å². The van der Waals surface area contributed by atoms with Crippen molar-refractivity contribution in [2.75, 3.05) is 20.2 Å². The summed E-state index contributed by atoms with van der Waals surface area (Å²) >= 11 is 6.18. The van der Waals surface area contributed by atoms with E-state index in [9.17, 15) is 4.79 Å². The molecule has 1 aliphatic rings. The summed E-state index contributed by atoms with van der Waals surface area (Å²) in [6, 6.07) is 3.56. The molecular weight excluding hydrogens is 297 g/mol. The number of carbonyl (C=O) groups excluding carboxylic acids is 1. The van der Waals surface area contributed by atoms with E-state index in [1.807, 2.05) is 6.07 Å². The molecule has 0 heterocycles. The van der Waals surface area contributed by atoms with Gasteiger partial charge in [0.2, 0.25) is 0 Å². The zero-order valence-electron chi connectivity index (χ0n) is 11.4. The number of rotatable bonds is 5. The van der Waals surface area contributed by atoms with Gasteiger partial charge in [-0.15, -0.1) is 19.0 Å². The molecule has 20 heavy (non-hydrogen) atoms. The zero-order valence-corrected chi connectivity index (χ0v) is 13.0. The number of benzene rings is 1. The second-order valence-corrected chi connectivity index (χ2v) is 5.06. The maximum absolute atomic E-state index is 12.5. The topological polar surface area (TPSA) is 38.3 Å². The van der Waals surface area contributed by atoms with Crippen molar-refractivity contribution in [1.82, 2.24) is 5.32 Å². The number of carbonyl (C=O) groups is 1. The lowest BCUT2D eigenvalue weighted by molar-refractivity contribution is 0.0900. The maximum Gasteiger partial charge on any atom is 0.169 e. The van der Waals surface area contributed by atoms with Crippen LogP contribution in [0.1, 0.15) is 22.3 Å². The standard InChI is InChI=1S/C15H18ClNO2.ClH/c1-3-8-17-9-10-4-5-11-13(19-2)7-6-12(16)14(11)15(10)18;/h3,6-7,10,17H,1,4-5,8-9H2,2H3;1H. The van der Waals surface area contributed by atoms with E-state index in [4.69, 9.17) is 16.3 Å². The second-order valence-electron chi connectivity index (χ2n) is 4.65. The smallest absolute Gasteiger partial charge is 0.169 e. The second kappa shape index (κ2) is 7.67. The van der Waals surface area contributed by atoms with Crippen LogP contribution in [-0.2, 0) is 6.42 Å². The van der Waals surface area contributed by atoms with Crippen molar-refractivity contribution in [2.24, 2.45) is 5.92 Å². The fraction of sp³-hybridized carbons (Fsp3) is 0.400. The molecule has 0 fully saturated rings. The zero-order chi connectivity index (χ0) is 13.8. The van der Waals surface area contributed by atoms with E-state index >= 15 is 0 Å². The molecule has 0 saturated carbocycles. The van der Waals surface area contributed by atoms with Crippen molar-refractivity contribution >= 4 is 29.8 Å².